The molecule has 0 bridgehead atoms. The molecule has 3 nitrogen and oxygen atoms in total. The lowest BCUT2D eigenvalue weighted by molar-refractivity contribution is 0.922. The van der Waals surface area contributed by atoms with Crippen molar-refractivity contribution in [3.63, 3.8) is 0 Å². The van der Waals surface area contributed by atoms with Crippen molar-refractivity contribution in [1.29, 1.82) is 0 Å². The quantitative estimate of drug-likeness (QED) is 0.853. The third-order valence-electron chi connectivity index (χ3n) is 2.73. The minimum absolute atomic E-state index is 0.0417. The summed E-state index contributed by atoms with van der Waals surface area (Å²) in [4.78, 5) is 12.1. The van der Waals surface area contributed by atoms with E-state index in [2.05, 4.69) is 6.07 Å². The molecule has 1 aromatic heterocycles. The molecular formula is C14H16N2O. The standard InChI is InChI=1S/C14H16N2O/c1-10-6-11(2)8-13(7-10)16-5-3-4-12(9-15)14(16)17/h3-8H,9,15H2,1-2H3. The molecule has 0 amide bonds. The van der Waals surface area contributed by atoms with E-state index in [1.54, 1.807) is 16.8 Å². The fourth-order valence-corrected chi connectivity index (χ4v) is 1.99. The number of nitrogens with zero attached hydrogens (tertiary/aromatic N) is 1. The second kappa shape index (κ2) is 4.55. The van der Waals surface area contributed by atoms with Gasteiger partial charge in [0.25, 0.3) is 5.56 Å². The molecule has 0 saturated heterocycles. The van der Waals surface area contributed by atoms with Gasteiger partial charge in [0.05, 0.1) is 0 Å². The molecule has 1 aromatic carbocycles. The minimum Gasteiger partial charge on any atom is -0.326 e. The zero-order valence-corrected chi connectivity index (χ0v) is 10.1. The van der Waals surface area contributed by atoms with Gasteiger partial charge < -0.3 is 5.73 Å². The van der Waals surface area contributed by atoms with Crippen LogP contribution in [-0.2, 0) is 6.54 Å². The second-order valence-electron chi connectivity index (χ2n) is 4.26. The van der Waals surface area contributed by atoms with E-state index in [1.807, 2.05) is 32.0 Å². The van der Waals surface area contributed by atoms with Gasteiger partial charge in [-0.25, -0.2) is 0 Å². The second-order valence-corrected chi connectivity index (χ2v) is 4.26. The average Bonchev–Trinajstić information content (AvgIpc) is 2.28. The van der Waals surface area contributed by atoms with E-state index in [-0.39, 0.29) is 12.1 Å². The van der Waals surface area contributed by atoms with Crippen LogP contribution in [0.4, 0.5) is 0 Å². The normalized spacial score (nSPS) is 10.5. The van der Waals surface area contributed by atoms with Gasteiger partial charge in [0.15, 0.2) is 0 Å². The molecule has 2 N–H and O–H groups in total. The van der Waals surface area contributed by atoms with Gasteiger partial charge in [-0.1, -0.05) is 12.1 Å². The zero-order chi connectivity index (χ0) is 12.4. The van der Waals surface area contributed by atoms with Crippen LogP contribution in [0.1, 0.15) is 16.7 Å². The van der Waals surface area contributed by atoms with Crippen LogP contribution in [-0.4, -0.2) is 4.57 Å². The van der Waals surface area contributed by atoms with E-state index in [4.69, 9.17) is 5.73 Å². The van der Waals surface area contributed by atoms with Crippen molar-refractivity contribution in [2.45, 2.75) is 20.4 Å². The molecule has 0 radical (unpaired) electrons. The van der Waals surface area contributed by atoms with E-state index in [0.29, 0.717) is 5.56 Å². The number of benzene rings is 1. The van der Waals surface area contributed by atoms with Gasteiger partial charge in [-0.05, 0) is 43.2 Å². The SMILES string of the molecule is Cc1cc(C)cc(-n2cccc(CN)c2=O)c1. The van der Waals surface area contributed by atoms with Gasteiger partial charge in [-0.2, -0.15) is 0 Å². The van der Waals surface area contributed by atoms with Crippen LogP contribution < -0.4 is 11.3 Å². The highest BCUT2D eigenvalue weighted by Crippen LogP contribution is 2.12. The molecule has 17 heavy (non-hydrogen) atoms. The maximum absolute atomic E-state index is 12.1. The number of aromatic nitrogens is 1. The molecular weight excluding hydrogens is 212 g/mol. The lowest BCUT2D eigenvalue weighted by Crippen LogP contribution is -2.23. The molecule has 3 heteroatoms. The third-order valence-corrected chi connectivity index (χ3v) is 2.73. The molecule has 0 aliphatic heterocycles. The average molecular weight is 228 g/mol. The van der Waals surface area contributed by atoms with Gasteiger partial charge in [-0.15, -0.1) is 0 Å². The maximum Gasteiger partial charge on any atom is 0.259 e. The van der Waals surface area contributed by atoms with Crippen molar-refractivity contribution in [2.24, 2.45) is 5.73 Å². The zero-order valence-electron chi connectivity index (χ0n) is 10.1. The Morgan fingerprint density at radius 1 is 1.18 bits per heavy atom. The molecule has 0 unspecified atom stereocenters. The first-order valence-corrected chi connectivity index (χ1v) is 5.61. The number of rotatable bonds is 2. The Kier molecular flexibility index (Phi) is 3.11. The predicted molar refractivity (Wildman–Crippen MR) is 69.4 cm³/mol. The predicted octanol–water partition coefficient (Wildman–Crippen LogP) is 1.91. The van der Waals surface area contributed by atoms with E-state index in [9.17, 15) is 4.79 Å². The maximum atomic E-state index is 12.1. The highest BCUT2D eigenvalue weighted by atomic mass is 16.1. The number of aryl methyl sites for hydroxylation is 2. The highest BCUT2D eigenvalue weighted by Gasteiger charge is 2.04. The van der Waals surface area contributed by atoms with Crippen molar-refractivity contribution < 1.29 is 0 Å². The molecule has 2 rings (SSSR count). The molecule has 0 aliphatic rings. The topological polar surface area (TPSA) is 48.0 Å². The summed E-state index contributed by atoms with van der Waals surface area (Å²) in [5.74, 6) is 0. The van der Waals surface area contributed by atoms with Crippen LogP contribution in [0.2, 0.25) is 0 Å². The lowest BCUT2D eigenvalue weighted by atomic mass is 10.1. The molecule has 0 fully saturated rings. The molecule has 2 aromatic rings. The highest BCUT2D eigenvalue weighted by molar-refractivity contribution is 5.40. The monoisotopic (exact) mass is 228 g/mol. The molecule has 88 valence electrons. The van der Waals surface area contributed by atoms with Crippen molar-refractivity contribution in [1.82, 2.24) is 4.57 Å². The Labute approximate surface area is 101 Å². The summed E-state index contributed by atoms with van der Waals surface area (Å²) < 4.78 is 1.64. The Hall–Kier alpha value is -1.87. The Morgan fingerprint density at radius 2 is 1.82 bits per heavy atom. The summed E-state index contributed by atoms with van der Waals surface area (Å²) in [5.41, 5.74) is 9.31. The number of pyridine rings is 1. The molecule has 0 aliphatic carbocycles. The first kappa shape index (κ1) is 11.6. The summed E-state index contributed by atoms with van der Waals surface area (Å²) in [5, 5.41) is 0. The van der Waals surface area contributed by atoms with Gasteiger partial charge in [0.1, 0.15) is 0 Å². The van der Waals surface area contributed by atoms with Crippen LogP contribution in [0.15, 0.2) is 41.3 Å². The van der Waals surface area contributed by atoms with E-state index >= 15 is 0 Å². The molecule has 0 saturated carbocycles. The number of hydrogen-bond acceptors (Lipinski definition) is 2. The van der Waals surface area contributed by atoms with Gasteiger partial charge >= 0.3 is 0 Å². The lowest BCUT2D eigenvalue weighted by Gasteiger charge is -2.09. The van der Waals surface area contributed by atoms with Gasteiger partial charge in [0.2, 0.25) is 0 Å². The van der Waals surface area contributed by atoms with Crippen molar-refractivity contribution in [2.75, 3.05) is 0 Å². The minimum atomic E-state index is -0.0417. The smallest absolute Gasteiger partial charge is 0.259 e. The first-order valence-electron chi connectivity index (χ1n) is 5.61. The van der Waals surface area contributed by atoms with Crippen molar-refractivity contribution in [3.05, 3.63) is 63.6 Å². The summed E-state index contributed by atoms with van der Waals surface area (Å²) in [7, 11) is 0. The molecule has 0 atom stereocenters. The first-order chi connectivity index (χ1) is 8.11. The van der Waals surface area contributed by atoms with Crippen LogP contribution in [0.25, 0.3) is 5.69 Å². The van der Waals surface area contributed by atoms with Crippen molar-refractivity contribution >= 4 is 0 Å². The Morgan fingerprint density at radius 3 is 2.41 bits per heavy atom. The Balaban J connectivity index is 2.64. The van der Waals surface area contributed by atoms with Crippen LogP contribution in [0.5, 0.6) is 0 Å². The van der Waals surface area contributed by atoms with E-state index < -0.39 is 0 Å². The largest absolute Gasteiger partial charge is 0.326 e. The third kappa shape index (κ3) is 2.29. The molecule has 0 spiro atoms. The van der Waals surface area contributed by atoms with Crippen LogP contribution in [0, 0.1) is 13.8 Å². The van der Waals surface area contributed by atoms with E-state index in [1.165, 1.54) is 0 Å². The number of nitrogens with two attached hydrogens (primary N) is 1. The van der Waals surface area contributed by atoms with Crippen molar-refractivity contribution in [3.8, 4) is 5.69 Å². The van der Waals surface area contributed by atoms with Gasteiger partial charge in [0, 0.05) is 24.0 Å². The fraction of sp³-hybridized carbons (Fsp3) is 0.214. The Bertz CT molecular complexity index is 579. The summed E-state index contributed by atoms with van der Waals surface area (Å²) >= 11 is 0. The van der Waals surface area contributed by atoms with Gasteiger partial charge in [-0.3, -0.25) is 9.36 Å². The van der Waals surface area contributed by atoms with Crippen LogP contribution >= 0.6 is 0 Å². The molecule has 1 heterocycles. The summed E-state index contributed by atoms with van der Waals surface area (Å²) in [6, 6.07) is 9.69. The summed E-state index contributed by atoms with van der Waals surface area (Å²) in [6.45, 7) is 4.31. The fourth-order valence-electron chi connectivity index (χ4n) is 1.99. The summed E-state index contributed by atoms with van der Waals surface area (Å²) in [6.07, 6.45) is 1.77. The van der Waals surface area contributed by atoms with E-state index in [0.717, 1.165) is 16.8 Å². The number of hydrogen-bond donors (Lipinski definition) is 1. The van der Waals surface area contributed by atoms with Crippen LogP contribution in [0.3, 0.4) is 0 Å².